The summed E-state index contributed by atoms with van der Waals surface area (Å²) >= 11 is 0. The van der Waals surface area contributed by atoms with Gasteiger partial charge in [-0.25, -0.2) is 29.3 Å². The molecule has 2 aromatic heterocycles. The number of carbonyl (C=O) groups is 4. The minimum atomic E-state index is -1.29. The second kappa shape index (κ2) is 14.8. The zero-order valence-electron chi connectivity index (χ0n) is 26.8. The first-order valence-corrected chi connectivity index (χ1v) is 15.9. The maximum Gasteiger partial charge on any atom is 0.338 e. The van der Waals surface area contributed by atoms with Crippen LogP contribution in [0.15, 0.2) is 134 Å². The van der Waals surface area contributed by atoms with Crippen molar-refractivity contribution in [2.75, 3.05) is 11.9 Å². The molecule has 0 bridgehead atoms. The molecular formula is C38H29N5O8. The van der Waals surface area contributed by atoms with Crippen LogP contribution < -0.4 is 5.32 Å². The highest BCUT2D eigenvalue weighted by Crippen LogP contribution is 2.37. The lowest BCUT2D eigenvalue weighted by molar-refractivity contribution is -0.0606. The van der Waals surface area contributed by atoms with Crippen LogP contribution in [0, 0.1) is 0 Å². The van der Waals surface area contributed by atoms with E-state index in [9.17, 15) is 19.2 Å². The summed E-state index contributed by atoms with van der Waals surface area (Å²) in [5, 5.41) is 2.76. The molecule has 6 aromatic rings. The molecule has 254 valence electrons. The standard InChI is InChI=1S/C38H29N5O8/c44-34(24-13-5-1-6-14-24)42-32-29-33(40-22-39-32)43(23-41-29)35-31(51-38(47)27-19-11-4-12-20-27)30(50-37(46)26-17-9-3-10-18-26)28(49-35)21-48-36(45)25-15-7-2-8-16-25/h1-20,22-23,28,30-31,35H,21H2,(H,39,40,42,44)/t28-,30-,31-,35-/m1/s1/i35+1. The highest BCUT2D eigenvalue weighted by Gasteiger charge is 2.52. The van der Waals surface area contributed by atoms with Crippen LogP contribution in [0.2, 0.25) is 0 Å². The van der Waals surface area contributed by atoms with Gasteiger partial charge >= 0.3 is 17.9 Å². The van der Waals surface area contributed by atoms with E-state index < -0.39 is 48.4 Å². The number of amides is 1. The van der Waals surface area contributed by atoms with Gasteiger partial charge in [-0.2, -0.15) is 0 Å². The molecule has 1 fully saturated rings. The quantitative estimate of drug-likeness (QED) is 0.114. The summed E-state index contributed by atoms with van der Waals surface area (Å²) in [6, 6.07) is 33.5. The van der Waals surface area contributed by atoms with Gasteiger partial charge in [0.1, 0.15) is 19.0 Å². The van der Waals surface area contributed by atoms with Gasteiger partial charge in [-0.05, 0) is 48.5 Å². The third-order valence-electron chi connectivity index (χ3n) is 8.08. The molecule has 0 radical (unpaired) electrons. The molecule has 0 unspecified atom stereocenters. The first kappa shape index (κ1) is 32.8. The maximum atomic E-state index is 13.5. The predicted octanol–water partition coefficient (Wildman–Crippen LogP) is 5.28. The largest absolute Gasteiger partial charge is 0.459 e. The number of carbonyl (C=O) groups excluding carboxylic acids is 4. The molecule has 0 saturated carbocycles. The third-order valence-corrected chi connectivity index (χ3v) is 8.08. The van der Waals surface area contributed by atoms with Gasteiger partial charge in [0.25, 0.3) is 5.91 Å². The lowest BCUT2D eigenvalue weighted by atomic mass is 10.1. The number of anilines is 1. The van der Waals surface area contributed by atoms with Gasteiger partial charge in [-0.1, -0.05) is 72.8 Å². The van der Waals surface area contributed by atoms with Crippen LogP contribution in [0.1, 0.15) is 47.7 Å². The number of aromatic nitrogens is 4. The van der Waals surface area contributed by atoms with Gasteiger partial charge in [0.2, 0.25) is 0 Å². The fourth-order valence-corrected chi connectivity index (χ4v) is 5.58. The Hall–Kier alpha value is -6.73. The van der Waals surface area contributed by atoms with Crippen molar-refractivity contribution in [2.24, 2.45) is 0 Å². The molecule has 1 aliphatic rings. The Morgan fingerprint density at radius 3 is 1.71 bits per heavy atom. The van der Waals surface area contributed by atoms with Crippen LogP contribution in [0.4, 0.5) is 5.82 Å². The molecule has 0 spiro atoms. The van der Waals surface area contributed by atoms with E-state index in [0.29, 0.717) is 11.1 Å². The van der Waals surface area contributed by atoms with Crippen LogP contribution in [0.25, 0.3) is 11.2 Å². The highest BCUT2D eigenvalue weighted by atomic mass is 16.7. The second-order valence-electron chi connectivity index (χ2n) is 11.4. The number of imidazole rings is 1. The summed E-state index contributed by atoms with van der Waals surface area (Å²) in [7, 11) is 0. The summed E-state index contributed by atoms with van der Waals surface area (Å²) in [5.41, 5.74) is 1.64. The molecule has 1 N–H and O–H groups in total. The number of hydrogen-bond donors (Lipinski definition) is 1. The molecule has 4 aromatic carbocycles. The van der Waals surface area contributed by atoms with Gasteiger partial charge in [0, 0.05) is 5.56 Å². The van der Waals surface area contributed by atoms with Crippen LogP contribution in [-0.2, 0) is 18.9 Å². The lowest BCUT2D eigenvalue weighted by Crippen LogP contribution is -2.41. The predicted molar refractivity (Wildman–Crippen MR) is 182 cm³/mol. The number of nitrogens with zero attached hydrogens (tertiary/aromatic N) is 4. The topological polar surface area (TPSA) is 161 Å². The summed E-state index contributed by atoms with van der Waals surface area (Å²) < 4.78 is 25.6. The van der Waals surface area contributed by atoms with Crippen molar-refractivity contribution >= 4 is 40.8 Å². The van der Waals surface area contributed by atoms with E-state index in [2.05, 4.69) is 20.3 Å². The minimum Gasteiger partial charge on any atom is -0.459 e. The minimum absolute atomic E-state index is 0.129. The van der Waals surface area contributed by atoms with Gasteiger partial charge in [-0.15, -0.1) is 0 Å². The van der Waals surface area contributed by atoms with E-state index in [1.165, 1.54) is 17.2 Å². The van der Waals surface area contributed by atoms with Gasteiger partial charge in [0.15, 0.2) is 35.4 Å². The molecule has 1 aliphatic heterocycles. The maximum absolute atomic E-state index is 13.5. The number of fused-ring (bicyclic) bond motifs is 1. The summed E-state index contributed by atoms with van der Waals surface area (Å²) in [4.78, 5) is 66.1. The van der Waals surface area contributed by atoms with Crippen molar-refractivity contribution in [3.63, 3.8) is 0 Å². The smallest absolute Gasteiger partial charge is 0.338 e. The van der Waals surface area contributed by atoms with Crippen molar-refractivity contribution < 1.29 is 38.1 Å². The number of esters is 3. The SMILES string of the molecule is O=C(Nc1ncnc2c1ncn2[13C@@H]1O[C@H](COC(=O)c2ccccc2)[C@@H](OC(=O)c2ccccc2)[C@H]1OC(=O)c1ccccc1)c1ccccc1. The molecule has 7 rings (SSSR count). The molecule has 1 amide bonds. The van der Waals surface area contributed by atoms with E-state index in [1.54, 1.807) is 121 Å². The molecule has 4 atom stereocenters. The van der Waals surface area contributed by atoms with E-state index in [0.717, 1.165) is 0 Å². The molecule has 1 saturated heterocycles. The number of ether oxygens (including phenoxy) is 4. The van der Waals surface area contributed by atoms with Crippen molar-refractivity contribution in [2.45, 2.75) is 24.5 Å². The Kier molecular flexibility index (Phi) is 9.52. The molecule has 13 nitrogen and oxygen atoms in total. The number of benzene rings is 4. The molecular weight excluding hydrogens is 655 g/mol. The van der Waals surface area contributed by atoms with E-state index in [-0.39, 0.29) is 34.7 Å². The molecule has 51 heavy (non-hydrogen) atoms. The average molecular weight is 685 g/mol. The Balaban J connectivity index is 1.25. The Bertz CT molecular complexity index is 2160. The Labute approximate surface area is 290 Å². The number of rotatable bonds is 10. The van der Waals surface area contributed by atoms with Gasteiger partial charge < -0.3 is 24.3 Å². The van der Waals surface area contributed by atoms with E-state index in [1.807, 2.05) is 0 Å². The first-order chi connectivity index (χ1) is 25.0. The van der Waals surface area contributed by atoms with Crippen LogP contribution in [0.5, 0.6) is 0 Å². The molecule has 0 aliphatic carbocycles. The van der Waals surface area contributed by atoms with Crippen LogP contribution >= 0.6 is 0 Å². The fraction of sp³-hybridized carbons (Fsp3) is 0.132. The summed E-state index contributed by atoms with van der Waals surface area (Å²) in [6.45, 7) is -0.365. The fourth-order valence-electron chi connectivity index (χ4n) is 5.58. The van der Waals surface area contributed by atoms with Crippen molar-refractivity contribution in [3.8, 4) is 0 Å². The zero-order valence-corrected chi connectivity index (χ0v) is 26.8. The van der Waals surface area contributed by atoms with Crippen molar-refractivity contribution in [1.29, 1.82) is 0 Å². The summed E-state index contributed by atoms with van der Waals surface area (Å²) in [5.74, 6) is -2.34. The Morgan fingerprint density at radius 1 is 0.627 bits per heavy atom. The summed E-state index contributed by atoms with van der Waals surface area (Å²) in [6.07, 6.45) is -2.23. The molecule has 3 heterocycles. The zero-order chi connectivity index (χ0) is 35.2. The van der Waals surface area contributed by atoms with Crippen molar-refractivity contribution in [1.82, 2.24) is 19.5 Å². The van der Waals surface area contributed by atoms with Crippen LogP contribution in [-0.4, -0.2) is 68.3 Å². The average Bonchev–Trinajstić information content (AvgIpc) is 3.76. The third kappa shape index (κ3) is 7.19. The monoisotopic (exact) mass is 684 g/mol. The number of hydrogen-bond acceptors (Lipinski definition) is 11. The second-order valence-corrected chi connectivity index (χ2v) is 11.4. The van der Waals surface area contributed by atoms with E-state index in [4.69, 9.17) is 18.9 Å². The van der Waals surface area contributed by atoms with Gasteiger partial charge in [-0.3, -0.25) is 9.36 Å². The van der Waals surface area contributed by atoms with E-state index >= 15 is 0 Å². The highest BCUT2D eigenvalue weighted by molar-refractivity contribution is 6.06. The number of nitrogens with one attached hydrogen (secondary N) is 1. The van der Waals surface area contributed by atoms with Gasteiger partial charge in [0.05, 0.1) is 23.0 Å². The molecule has 13 heteroatoms. The van der Waals surface area contributed by atoms with Crippen molar-refractivity contribution in [3.05, 3.63) is 156 Å². The normalized spacial score (nSPS) is 18.1. The lowest BCUT2D eigenvalue weighted by Gasteiger charge is -2.25. The first-order valence-electron chi connectivity index (χ1n) is 15.9. The Morgan fingerprint density at radius 2 is 1.14 bits per heavy atom. The van der Waals surface area contributed by atoms with Crippen LogP contribution in [0.3, 0.4) is 0 Å².